The fourth-order valence-corrected chi connectivity index (χ4v) is 2.64. The molecule has 2 N–H and O–H groups in total. The van der Waals surface area contributed by atoms with Crippen LogP contribution in [0.25, 0.3) is 0 Å². The summed E-state index contributed by atoms with van der Waals surface area (Å²) in [6.07, 6.45) is 1.47. The summed E-state index contributed by atoms with van der Waals surface area (Å²) in [5.41, 5.74) is 1.21. The summed E-state index contributed by atoms with van der Waals surface area (Å²) in [7, 11) is 1.64. The number of carbonyl (C=O) groups is 2. The lowest BCUT2D eigenvalue weighted by Gasteiger charge is -2.17. The van der Waals surface area contributed by atoms with Gasteiger partial charge in [0.05, 0.1) is 7.11 Å². The highest BCUT2D eigenvalue weighted by Gasteiger charge is 2.27. The van der Waals surface area contributed by atoms with Crippen molar-refractivity contribution in [2.45, 2.75) is 25.2 Å². The zero-order valence-electron chi connectivity index (χ0n) is 12.7. The number of amides is 2. The monoisotopic (exact) mass is 306 g/mol. The molecule has 1 unspecified atom stereocenters. The van der Waals surface area contributed by atoms with Gasteiger partial charge in [0.15, 0.2) is 0 Å². The average Bonchev–Trinajstić information content (AvgIpc) is 3.01. The summed E-state index contributed by atoms with van der Waals surface area (Å²) < 4.78 is 5.15. The van der Waals surface area contributed by atoms with E-state index in [1.165, 1.54) is 5.56 Å². The van der Waals surface area contributed by atoms with Crippen LogP contribution in [0.4, 0.5) is 4.79 Å². The second-order valence-corrected chi connectivity index (χ2v) is 5.43. The van der Waals surface area contributed by atoms with Gasteiger partial charge in [-0.3, -0.25) is 4.79 Å². The van der Waals surface area contributed by atoms with E-state index in [1.807, 2.05) is 24.3 Å². The molecule has 0 radical (unpaired) electrons. The minimum absolute atomic E-state index is 0.0781. The molecule has 1 aromatic carbocycles. The maximum absolute atomic E-state index is 12.0. The average molecular weight is 306 g/mol. The molecule has 6 nitrogen and oxygen atoms in total. The number of carboxylic acid groups (broad SMARTS) is 1. The van der Waals surface area contributed by atoms with Gasteiger partial charge in [-0.05, 0) is 30.5 Å². The van der Waals surface area contributed by atoms with Crippen LogP contribution < -0.4 is 10.1 Å². The summed E-state index contributed by atoms with van der Waals surface area (Å²) in [5, 5.41) is 11.3. The van der Waals surface area contributed by atoms with Crippen LogP contribution in [0.3, 0.4) is 0 Å². The number of benzene rings is 1. The van der Waals surface area contributed by atoms with E-state index in [1.54, 1.807) is 12.0 Å². The van der Waals surface area contributed by atoms with E-state index in [-0.39, 0.29) is 12.5 Å². The molecule has 1 atom stereocenters. The Morgan fingerprint density at radius 3 is 2.73 bits per heavy atom. The van der Waals surface area contributed by atoms with E-state index in [0.717, 1.165) is 18.7 Å². The summed E-state index contributed by atoms with van der Waals surface area (Å²) in [4.78, 5) is 24.2. The number of rotatable bonds is 6. The van der Waals surface area contributed by atoms with Crippen molar-refractivity contribution in [2.75, 3.05) is 26.7 Å². The molecule has 2 rings (SSSR count). The number of nitrogens with one attached hydrogen (secondary N) is 1. The molecule has 1 aromatic rings. The van der Waals surface area contributed by atoms with Gasteiger partial charge < -0.3 is 20.1 Å². The number of methoxy groups -OCH3 is 1. The van der Waals surface area contributed by atoms with Gasteiger partial charge in [0.25, 0.3) is 0 Å². The van der Waals surface area contributed by atoms with Gasteiger partial charge in [-0.25, -0.2) is 4.79 Å². The van der Waals surface area contributed by atoms with Crippen molar-refractivity contribution in [2.24, 2.45) is 0 Å². The Bertz CT molecular complexity index is 515. The fraction of sp³-hybridized carbons (Fsp3) is 0.500. The van der Waals surface area contributed by atoms with Crippen LogP contribution in [0.2, 0.25) is 0 Å². The maximum atomic E-state index is 12.0. The highest BCUT2D eigenvalue weighted by atomic mass is 16.5. The van der Waals surface area contributed by atoms with Crippen LogP contribution in [0, 0.1) is 0 Å². The minimum atomic E-state index is -0.838. The lowest BCUT2D eigenvalue weighted by atomic mass is 9.98. The van der Waals surface area contributed by atoms with E-state index in [2.05, 4.69) is 5.32 Å². The Labute approximate surface area is 130 Å². The summed E-state index contributed by atoms with van der Waals surface area (Å²) in [6, 6.07) is 7.84. The molecule has 1 aliphatic heterocycles. The second kappa shape index (κ2) is 7.68. The third-order valence-electron chi connectivity index (χ3n) is 3.91. The van der Waals surface area contributed by atoms with Crippen molar-refractivity contribution < 1.29 is 19.4 Å². The van der Waals surface area contributed by atoms with Gasteiger partial charge >= 0.3 is 12.0 Å². The molecular formula is C16H22N2O4. The number of hydrogen-bond donors (Lipinski definition) is 2. The molecule has 1 heterocycles. The van der Waals surface area contributed by atoms with Crippen LogP contribution in [-0.2, 0) is 4.79 Å². The van der Waals surface area contributed by atoms with Gasteiger partial charge in [0, 0.05) is 32.0 Å². The van der Waals surface area contributed by atoms with Crippen LogP contribution in [-0.4, -0.2) is 48.8 Å². The quantitative estimate of drug-likeness (QED) is 0.789. The standard InChI is InChI=1S/C16H22N2O4/c1-22-14-6-4-12(5-7-14)13-8-10-18(11-13)16(21)17-9-2-3-15(19)20/h4-7,13H,2-3,8-11H2,1H3,(H,17,21)(H,19,20). The first-order valence-corrected chi connectivity index (χ1v) is 7.48. The van der Waals surface area contributed by atoms with E-state index < -0.39 is 5.97 Å². The first kappa shape index (κ1) is 16.1. The largest absolute Gasteiger partial charge is 0.497 e. The van der Waals surface area contributed by atoms with Crippen molar-refractivity contribution >= 4 is 12.0 Å². The molecule has 0 spiro atoms. The molecule has 0 saturated carbocycles. The van der Waals surface area contributed by atoms with E-state index in [4.69, 9.17) is 9.84 Å². The Morgan fingerprint density at radius 1 is 1.36 bits per heavy atom. The molecule has 120 valence electrons. The van der Waals surface area contributed by atoms with Crippen LogP contribution in [0.1, 0.15) is 30.7 Å². The molecule has 1 aliphatic rings. The van der Waals surface area contributed by atoms with E-state index in [9.17, 15) is 9.59 Å². The van der Waals surface area contributed by atoms with Crippen molar-refractivity contribution in [1.29, 1.82) is 0 Å². The predicted molar refractivity (Wildman–Crippen MR) is 82.2 cm³/mol. The minimum Gasteiger partial charge on any atom is -0.497 e. The van der Waals surface area contributed by atoms with Gasteiger partial charge in [-0.1, -0.05) is 12.1 Å². The third-order valence-corrected chi connectivity index (χ3v) is 3.91. The van der Waals surface area contributed by atoms with Gasteiger partial charge in [-0.2, -0.15) is 0 Å². The number of carboxylic acids is 1. The molecule has 0 aromatic heterocycles. The van der Waals surface area contributed by atoms with Crippen molar-refractivity contribution in [3.63, 3.8) is 0 Å². The highest BCUT2D eigenvalue weighted by Crippen LogP contribution is 2.28. The normalized spacial score (nSPS) is 17.3. The fourth-order valence-electron chi connectivity index (χ4n) is 2.64. The summed E-state index contributed by atoms with van der Waals surface area (Å²) >= 11 is 0. The predicted octanol–water partition coefficient (Wildman–Crippen LogP) is 2.06. The SMILES string of the molecule is COc1ccc(C2CCN(C(=O)NCCCC(=O)O)C2)cc1. The number of urea groups is 1. The first-order chi connectivity index (χ1) is 10.6. The lowest BCUT2D eigenvalue weighted by Crippen LogP contribution is -2.38. The van der Waals surface area contributed by atoms with E-state index >= 15 is 0 Å². The molecule has 0 aliphatic carbocycles. The zero-order valence-corrected chi connectivity index (χ0v) is 12.7. The van der Waals surface area contributed by atoms with Crippen molar-refractivity contribution in [3.8, 4) is 5.75 Å². The molecular weight excluding hydrogens is 284 g/mol. The van der Waals surface area contributed by atoms with Crippen molar-refractivity contribution in [1.82, 2.24) is 10.2 Å². The summed E-state index contributed by atoms with van der Waals surface area (Å²) in [6.45, 7) is 1.81. The number of likely N-dealkylation sites (tertiary alicyclic amines) is 1. The maximum Gasteiger partial charge on any atom is 0.317 e. The Kier molecular flexibility index (Phi) is 5.63. The molecule has 2 amide bonds. The molecule has 1 fully saturated rings. The van der Waals surface area contributed by atoms with Crippen LogP contribution >= 0.6 is 0 Å². The van der Waals surface area contributed by atoms with Crippen LogP contribution in [0.5, 0.6) is 5.75 Å². The zero-order chi connectivity index (χ0) is 15.9. The topological polar surface area (TPSA) is 78.9 Å². The Hall–Kier alpha value is -2.24. The van der Waals surface area contributed by atoms with Gasteiger partial charge in [-0.15, -0.1) is 0 Å². The number of aliphatic carboxylic acids is 1. The van der Waals surface area contributed by atoms with Gasteiger partial charge in [0.2, 0.25) is 0 Å². The molecule has 22 heavy (non-hydrogen) atoms. The number of carbonyl (C=O) groups excluding carboxylic acids is 1. The molecule has 0 bridgehead atoms. The number of ether oxygens (including phenoxy) is 1. The Balaban J connectivity index is 1.78. The summed E-state index contributed by atoms with van der Waals surface area (Å²) in [5.74, 6) is 0.334. The smallest absolute Gasteiger partial charge is 0.317 e. The third kappa shape index (κ3) is 4.38. The Morgan fingerprint density at radius 2 is 2.09 bits per heavy atom. The second-order valence-electron chi connectivity index (χ2n) is 5.43. The lowest BCUT2D eigenvalue weighted by molar-refractivity contribution is -0.137. The first-order valence-electron chi connectivity index (χ1n) is 7.48. The number of hydrogen-bond acceptors (Lipinski definition) is 3. The molecule has 1 saturated heterocycles. The van der Waals surface area contributed by atoms with Crippen LogP contribution in [0.15, 0.2) is 24.3 Å². The van der Waals surface area contributed by atoms with Gasteiger partial charge in [0.1, 0.15) is 5.75 Å². The highest BCUT2D eigenvalue weighted by molar-refractivity contribution is 5.74. The van der Waals surface area contributed by atoms with Crippen molar-refractivity contribution in [3.05, 3.63) is 29.8 Å². The number of nitrogens with zero attached hydrogens (tertiary/aromatic N) is 1. The van der Waals surface area contributed by atoms with E-state index in [0.29, 0.717) is 25.4 Å². The molecule has 6 heteroatoms.